The summed E-state index contributed by atoms with van der Waals surface area (Å²) in [6.07, 6.45) is 4.43. The van der Waals surface area contributed by atoms with Gasteiger partial charge < -0.3 is 0 Å². The second kappa shape index (κ2) is 6.41. The van der Waals surface area contributed by atoms with Crippen LogP contribution in [0.4, 0.5) is 0 Å². The molecule has 0 aliphatic rings. The van der Waals surface area contributed by atoms with Gasteiger partial charge in [-0.3, -0.25) is 4.68 Å². The molecule has 5 nitrogen and oxygen atoms in total. The number of hydrogen-bond donors (Lipinski definition) is 1. The van der Waals surface area contributed by atoms with Crippen molar-refractivity contribution in [2.24, 2.45) is 0 Å². The molecule has 2 rings (SSSR count). The highest BCUT2D eigenvalue weighted by Crippen LogP contribution is 2.14. The summed E-state index contributed by atoms with van der Waals surface area (Å²) in [5.41, 5.74) is 3.17. The minimum Gasteiger partial charge on any atom is -0.272 e. The molecule has 1 aromatic carbocycles. The van der Waals surface area contributed by atoms with Crippen molar-refractivity contribution in [1.82, 2.24) is 14.5 Å². The summed E-state index contributed by atoms with van der Waals surface area (Å²) in [4.78, 5) is 0.320. The Hall–Kier alpha value is -1.66. The monoisotopic (exact) mass is 307 g/mol. The van der Waals surface area contributed by atoms with E-state index in [-0.39, 0.29) is 0 Å². The van der Waals surface area contributed by atoms with Crippen LogP contribution in [0.1, 0.15) is 23.1 Å². The quantitative estimate of drug-likeness (QED) is 0.832. The van der Waals surface area contributed by atoms with E-state index in [2.05, 4.69) is 9.82 Å². The summed E-state index contributed by atoms with van der Waals surface area (Å²) in [5, 5.41) is 4.17. The Kier molecular flexibility index (Phi) is 4.80. The van der Waals surface area contributed by atoms with Crippen molar-refractivity contribution >= 4 is 10.0 Å². The van der Waals surface area contributed by atoms with Gasteiger partial charge in [-0.1, -0.05) is 6.07 Å². The van der Waals surface area contributed by atoms with Crippen LogP contribution >= 0.6 is 0 Å². The Morgan fingerprint density at radius 3 is 2.57 bits per heavy atom. The van der Waals surface area contributed by atoms with Gasteiger partial charge in [-0.05, 0) is 56.0 Å². The topological polar surface area (TPSA) is 64.0 Å². The minimum absolute atomic E-state index is 0.320. The summed E-state index contributed by atoms with van der Waals surface area (Å²) in [6.45, 7) is 6.95. The largest absolute Gasteiger partial charge is 0.272 e. The van der Waals surface area contributed by atoms with Crippen LogP contribution in [-0.4, -0.2) is 24.7 Å². The SMILES string of the molecule is Cc1cnn(CCCNS(=O)(=O)c2ccc(C)c(C)c2)c1. The number of rotatable bonds is 6. The smallest absolute Gasteiger partial charge is 0.240 e. The van der Waals surface area contributed by atoms with Crippen LogP contribution in [0.25, 0.3) is 0 Å². The zero-order valence-electron chi connectivity index (χ0n) is 12.6. The molecule has 114 valence electrons. The number of nitrogens with zero attached hydrogens (tertiary/aromatic N) is 2. The first-order valence-electron chi connectivity index (χ1n) is 6.94. The Labute approximate surface area is 126 Å². The van der Waals surface area contributed by atoms with Gasteiger partial charge in [0.2, 0.25) is 10.0 Å². The zero-order valence-corrected chi connectivity index (χ0v) is 13.4. The van der Waals surface area contributed by atoms with Crippen molar-refractivity contribution in [3.63, 3.8) is 0 Å². The van der Waals surface area contributed by atoms with E-state index < -0.39 is 10.0 Å². The lowest BCUT2D eigenvalue weighted by atomic mass is 10.1. The van der Waals surface area contributed by atoms with E-state index >= 15 is 0 Å². The van der Waals surface area contributed by atoms with Crippen LogP contribution < -0.4 is 4.72 Å². The fraction of sp³-hybridized carbons (Fsp3) is 0.400. The van der Waals surface area contributed by atoms with Gasteiger partial charge in [-0.25, -0.2) is 13.1 Å². The molecule has 6 heteroatoms. The maximum absolute atomic E-state index is 12.2. The summed E-state index contributed by atoms with van der Waals surface area (Å²) < 4.78 is 28.8. The molecule has 0 radical (unpaired) electrons. The summed E-state index contributed by atoms with van der Waals surface area (Å²) >= 11 is 0. The first-order valence-corrected chi connectivity index (χ1v) is 8.43. The molecule has 0 saturated heterocycles. The molecule has 1 heterocycles. The minimum atomic E-state index is -3.43. The molecule has 21 heavy (non-hydrogen) atoms. The number of sulfonamides is 1. The second-order valence-corrected chi connectivity index (χ2v) is 7.05. The lowest BCUT2D eigenvalue weighted by Crippen LogP contribution is -2.25. The third-order valence-electron chi connectivity index (χ3n) is 3.41. The number of hydrogen-bond acceptors (Lipinski definition) is 3. The van der Waals surface area contributed by atoms with Gasteiger partial charge in [0.05, 0.1) is 11.1 Å². The predicted molar refractivity (Wildman–Crippen MR) is 82.7 cm³/mol. The van der Waals surface area contributed by atoms with Gasteiger partial charge >= 0.3 is 0 Å². The van der Waals surface area contributed by atoms with E-state index in [1.54, 1.807) is 18.3 Å². The van der Waals surface area contributed by atoms with Crippen molar-refractivity contribution in [1.29, 1.82) is 0 Å². The zero-order chi connectivity index (χ0) is 15.5. The number of aromatic nitrogens is 2. The Morgan fingerprint density at radius 2 is 1.95 bits per heavy atom. The average Bonchev–Trinajstić information content (AvgIpc) is 2.83. The Morgan fingerprint density at radius 1 is 1.19 bits per heavy atom. The molecule has 0 amide bonds. The third kappa shape index (κ3) is 4.15. The van der Waals surface area contributed by atoms with Gasteiger partial charge in [0.1, 0.15) is 0 Å². The van der Waals surface area contributed by atoms with Crippen molar-refractivity contribution in [3.8, 4) is 0 Å². The van der Waals surface area contributed by atoms with E-state index in [9.17, 15) is 8.42 Å². The van der Waals surface area contributed by atoms with Gasteiger partial charge in [0.15, 0.2) is 0 Å². The average molecular weight is 307 g/mol. The summed E-state index contributed by atoms with van der Waals surface area (Å²) in [5.74, 6) is 0. The predicted octanol–water partition coefficient (Wildman–Crippen LogP) is 2.18. The molecule has 0 aliphatic heterocycles. The standard InChI is InChI=1S/C15H21N3O2S/c1-12-10-16-18(11-12)8-4-7-17-21(19,20)15-6-5-13(2)14(3)9-15/h5-6,9-11,17H,4,7-8H2,1-3H3. The third-order valence-corrected chi connectivity index (χ3v) is 4.87. The highest BCUT2D eigenvalue weighted by Gasteiger charge is 2.13. The van der Waals surface area contributed by atoms with Gasteiger partial charge in [-0.15, -0.1) is 0 Å². The van der Waals surface area contributed by atoms with E-state index in [4.69, 9.17) is 0 Å². The molecule has 0 saturated carbocycles. The molecule has 2 aromatic rings. The molecular formula is C15H21N3O2S. The van der Waals surface area contributed by atoms with Crippen LogP contribution in [-0.2, 0) is 16.6 Å². The lowest BCUT2D eigenvalue weighted by molar-refractivity contribution is 0.552. The van der Waals surface area contributed by atoms with Gasteiger partial charge in [0.25, 0.3) is 0 Å². The fourth-order valence-corrected chi connectivity index (χ4v) is 3.16. The van der Waals surface area contributed by atoms with Crippen LogP contribution in [0.2, 0.25) is 0 Å². The molecule has 0 aliphatic carbocycles. The molecule has 1 N–H and O–H groups in total. The van der Waals surface area contributed by atoms with Gasteiger partial charge in [-0.2, -0.15) is 5.10 Å². The van der Waals surface area contributed by atoms with Crippen molar-refractivity contribution in [2.45, 2.75) is 38.6 Å². The highest BCUT2D eigenvalue weighted by atomic mass is 32.2. The summed E-state index contributed by atoms with van der Waals surface area (Å²) in [6, 6.07) is 5.17. The van der Waals surface area contributed by atoms with Crippen LogP contribution in [0.3, 0.4) is 0 Å². The molecule has 0 unspecified atom stereocenters. The first-order chi connectivity index (χ1) is 9.88. The number of nitrogens with one attached hydrogen (secondary N) is 1. The summed E-state index contributed by atoms with van der Waals surface area (Å²) in [7, 11) is -3.43. The Balaban J connectivity index is 1.90. The Bertz CT molecular complexity index is 720. The van der Waals surface area contributed by atoms with E-state index in [1.807, 2.05) is 37.7 Å². The molecule has 0 bridgehead atoms. The van der Waals surface area contributed by atoms with E-state index in [1.165, 1.54) is 0 Å². The highest BCUT2D eigenvalue weighted by molar-refractivity contribution is 7.89. The molecule has 0 spiro atoms. The second-order valence-electron chi connectivity index (χ2n) is 5.28. The molecule has 0 fully saturated rings. The maximum Gasteiger partial charge on any atom is 0.240 e. The maximum atomic E-state index is 12.2. The van der Waals surface area contributed by atoms with Crippen LogP contribution in [0.15, 0.2) is 35.5 Å². The molecular weight excluding hydrogens is 286 g/mol. The molecule has 0 atom stereocenters. The molecule has 1 aromatic heterocycles. The fourth-order valence-electron chi connectivity index (χ4n) is 2.00. The number of benzene rings is 1. The lowest BCUT2D eigenvalue weighted by Gasteiger charge is -2.08. The number of aryl methyl sites for hydroxylation is 4. The first kappa shape index (κ1) is 15.7. The van der Waals surface area contributed by atoms with Crippen molar-refractivity contribution in [2.75, 3.05) is 6.54 Å². The normalized spacial score (nSPS) is 11.8. The van der Waals surface area contributed by atoms with Gasteiger partial charge in [0, 0.05) is 19.3 Å². The van der Waals surface area contributed by atoms with E-state index in [0.717, 1.165) is 16.7 Å². The van der Waals surface area contributed by atoms with E-state index in [0.29, 0.717) is 24.4 Å². The van der Waals surface area contributed by atoms with Crippen LogP contribution in [0.5, 0.6) is 0 Å². The van der Waals surface area contributed by atoms with Crippen LogP contribution in [0, 0.1) is 20.8 Å². The van der Waals surface area contributed by atoms with Crippen molar-refractivity contribution < 1.29 is 8.42 Å². The van der Waals surface area contributed by atoms with Crippen molar-refractivity contribution in [3.05, 3.63) is 47.3 Å².